The molecule has 1 N–H and O–H groups in total. The van der Waals surface area contributed by atoms with Gasteiger partial charge in [0.25, 0.3) is 0 Å². The van der Waals surface area contributed by atoms with Gasteiger partial charge in [0.05, 0.1) is 13.2 Å². The van der Waals surface area contributed by atoms with Crippen molar-refractivity contribution >= 4 is 11.9 Å². The van der Waals surface area contributed by atoms with Crippen LogP contribution < -0.4 is 0 Å². The van der Waals surface area contributed by atoms with Crippen molar-refractivity contribution in [3.63, 3.8) is 0 Å². The SMILES string of the molecule is CCCCCCCCCCCO.CCOC(=O)CC(=O)OCC. The van der Waals surface area contributed by atoms with E-state index >= 15 is 0 Å². The maximum atomic E-state index is 10.6. The molecule has 0 bridgehead atoms. The minimum Gasteiger partial charge on any atom is -0.466 e. The molecule has 0 aliphatic rings. The van der Waals surface area contributed by atoms with Crippen molar-refractivity contribution < 1.29 is 24.2 Å². The Balaban J connectivity index is 0. The highest BCUT2D eigenvalue weighted by atomic mass is 16.5. The molecule has 0 unspecified atom stereocenters. The summed E-state index contributed by atoms with van der Waals surface area (Å²) < 4.78 is 9.04. The van der Waals surface area contributed by atoms with Crippen molar-refractivity contribution in [3.05, 3.63) is 0 Å². The normalized spacial score (nSPS) is 9.74. The Morgan fingerprint density at radius 1 is 0.696 bits per heavy atom. The molecule has 0 rings (SSSR count). The van der Waals surface area contributed by atoms with Crippen molar-refractivity contribution in [1.82, 2.24) is 0 Å². The second-order valence-electron chi connectivity index (χ2n) is 5.34. The zero-order valence-corrected chi connectivity index (χ0v) is 15.3. The third-order valence-electron chi connectivity index (χ3n) is 3.16. The van der Waals surface area contributed by atoms with Gasteiger partial charge in [0, 0.05) is 6.61 Å². The van der Waals surface area contributed by atoms with E-state index in [4.69, 9.17) is 5.11 Å². The number of ether oxygens (including phenoxy) is 2. The summed E-state index contributed by atoms with van der Waals surface area (Å²) in [6.45, 7) is 6.57. The van der Waals surface area contributed by atoms with Gasteiger partial charge in [0.15, 0.2) is 0 Å². The maximum absolute atomic E-state index is 10.6. The lowest BCUT2D eigenvalue weighted by Crippen LogP contribution is -2.13. The van der Waals surface area contributed by atoms with Gasteiger partial charge in [0.1, 0.15) is 6.42 Å². The van der Waals surface area contributed by atoms with Crippen LogP contribution in [0.3, 0.4) is 0 Å². The molecule has 0 aromatic carbocycles. The zero-order valence-electron chi connectivity index (χ0n) is 15.3. The Kier molecular flexibility index (Phi) is 22.0. The summed E-state index contributed by atoms with van der Waals surface area (Å²) in [5.41, 5.74) is 0. The van der Waals surface area contributed by atoms with Crippen LogP contribution in [-0.4, -0.2) is 36.9 Å². The number of carbonyl (C=O) groups is 2. The molecule has 0 saturated heterocycles. The van der Waals surface area contributed by atoms with Gasteiger partial charge in [-0.25, -0.2) is 0 Å². The van der Waals surface area contributed by atoms with E-state index in [2.05, 4.69) is 16.4 Å². The Morgan fingerprint density at radius 3 is 1.43 bits per heavy atom. The molecule has 0 heterocycles. The smallest absolute Gasteiger partial charge is 0.317 e. The van der Waals surface area contributed by atoms with Crippen LogP contribution in [0.5, 0.6) is 0 Å². The number of rotatable bonds is 13. The fraction of sp³-hybridized carbons (Fsp3) is 0.889. The summed E-state index contributed by atoms with van der Waals surface area (Å²) in [5, 5.41) is 8.54. The molecule has 0 atom stereocenters. The van der Waals surface area contributed by atoms with E-state index in [-0.39, 0.29) is 19.6 Å². The molecule has 0 aliphatic carbocycles. The fourth-order valence-corrected chi connectivity index (χ4v) is 1.96. The van der Waals surface area contributed by atoms with Gasteiger partial charge in [-0.2, -0.15) is 0 Å². The van der Waals surface area contributed by atoms with E-state index in [0.29, 0.717) is 6.61 Å². The molecule has 0 amide bonds. The van der Waals surface area contributed by atoms with Crippen LogP contribution >= 0.6 is 0 Å². The lowest BCUT2D eigenvalue weighted by molar-refractivity contribution is -0.153. The Labute approximate surface area is 141 Å². The van der Waals surface area contributed by atoms with E-state index in [1.165, 1.54) is 51.4 Å². The summed E-state index contributed by atoms with van der Waals surface area (Å²) >= 11 is 0. The quantitative estimate of drug-likeness (QED) is 0.313. The lowest BCUT2D eigenvalue weighted by atomic mass is 10.1. The van der Waals surface area contributed by atoms with Crippen molar-refractivity contribution in [3.8, 4) is 0 Å². The third-order valence-corrected chi connectivity index (χ3v) is 3.16. The van der Waals surface area contributed by atoms with Gasteiger partial charge in [0.2, 0.25) is 0 Å². The average molecular weight is 332 g/mol. The van der Waals surface area contributed by atoms with Crippen molar-refractivity contribution in [2.75, 3.05) is 19.8 Å². The van der Waals surface area contributed by atoms with E-state index in [0.717, 1.165) is 6.42 Å². The third kappa shape index (κ3) is 23.3. The van der Waals surface area contributed by atoms with E-state index in [1.54, 1.807) is 13.8 Å². The maximum Gasteiger partial charge on any atom is 0.317 e. The summed E-state index contributed by atoms with van der Waals surface area (Å²) in [6, 6.07) is 0. The predicted molar refractivity (Wildman–Crippen MR) is 92.2 cm³/mol. The number of unbranched alkanes of at least 4 members (excludes halogenated alkanes) is 8. The van der Waals surface area contributed by atoms with Crippen molar-refractivity contribution in [2.24, 2.45) is 0 Å². The van der Waals surface area contributed by atoms with E-state index < -0.39 is 11.9 Å². The average Bonchev–Trinajstić information content (AvgIpc) is 2.51. The van der Waals surface area contributed by atoms with Crippen LogP contribution in [0.15, 0.2) is 0 Å². The van der Waals surface area contributed by atoms with Crippen molar-refractivity contribution in [1.29, 1.82) is 0 Å². The number of carbonyl (C=O) groups excluding carboxylic acids is 2. The van der Waals surface area contributed by atoms with Crippen LogP contribution in [0.2, 0.25) is 0 Å². The topological polar surface area (TPSA) is 72.8 Å². The lowest BCUT2D eigenvalue weighted by Gasteiger charge is -2.00. The number of hydrogen-bond acceptors (Lipinski definition) is 5. The highest BCUT2D eigenvalue weighted by molar-refractivity contribution is 5.91. The van der Waals surface area contributed by atoms with Crippen LogP contribution in [0.4, 0.5) is 0 Å². The van der Waals surface area contributed by atoms with Gasteiger partial charge < -0.3 is 14.6 Å². The van der Waals surface area contributed by atoms with Crippen LogP contribution in [0, 0.1) is 0 Å². The Hall–Kier alpha value is -1.10. The molecule has 5 nitrogen and oxygen atoms in total. The summed E-state index contributed by atoms with van der Waals surface area (Å²) in [7, 11) is 0. The van der Waals surface area contributed by atoms with Gasteiger partial charge in [-0.05, 0) is 20.3 Å². The first kappa shape index (κ1) is 24.2. The largest absolute Gasteiger partial charge is 0.466 e. The number of aliphatic hydroxyl groups is 1. The van der Waals surface area contributed by atoms with E-state index in [1.807, 2.05) is 0 Å². The standard InChI is InChI=1S/C11H24O.C7H12O4/c1-2-3-4-5-6-7-8-9-10-11-12;1-3-10-6(8)5-7(9)11-4-2/h12H,2-11H2,1H3;3-5H2,1-2H3. The summed E-state index contributed by atoms with van der Waals surface area (Å²) in [4.78, 5) is 21.2. The first-order valence-electron chi connectivity index (χ1n) is 9.04. The van der Waals surface area contributed by atoms with E-state index in [9.17, 15) is 9.59 Å². The second-order valence-corrected chi connectivity index (χ2v) is 5.34. The molecule has 5 heteroatoms. The molecule has 0 saturated carbocycles. The zero-order chi connectivity index (χ0) is 17.8. The monoisotopic (exact) mass is 332 g/mol. The Bertz CT molecular complexity index is 240. The van der Waals surface area contributed by atoms with Crippen LogP contribution in [0.25, 0.3) is 0 Å². The van der Waals surface area contributed by atoms with Crippen LogP contribution in [-0.2, 0) is 19.1 Å². The summed E-state index contributed by atoms with van der Waals surface area (Å²) in [5.74, 6) is -1.07. The first-order chi connectivity index (χ1) is 11.1. The molecule has 0 fully saturated rings. The van der Waals surface area contributed by atoms with Crippen molar-refractivity contribution in [2.45, 2.75) is 85.0 Å². The van der Waals surface area contributed by atoms with Crippen LogP contribution in [0.1, 0.15) is 85.0 Å². The molecule has 0 aromatic rings. The highest BCUT2D eigenvalue weighted by Gasteiger charge is 2.09. The Morgan fingerprint density at radius 2 is 1.09 bits per heavy atom. The number of aliphatic hydroxyl groups excluding tert-OH is 1. The number of hydrogen-bond donors (Lipinski definition) is 1. The molecule has 23 heavy (non-hydrogen) atoms. The highest BCUT2D eigenvalue weighted by Crippen LogP contribution is 2.08. The van der Waals surface area contributed by atoms with Gasteiger partial charge in [-0.15, -0.1) is 0 Å². The minimum absolute atomic E-state index is 0.290. The van der Waals surface area contributed by atoms with Gasteiger partial charge in [-0.1, -0.05) is 58.3 Å². The molecule has 0 spiro atoms. The fourth-order valence-electron chi connectivity index (χ4n) is 1.96. The molecule has 138 valence electrons. The molecule has 0 aromatic heterocycles. The minimum atomic E-state index is -0.536. The predicted octanol–water partition coefficient (Wildman–Crippen LogP) is 4.01. The molecular formula is C18H36O5. The van der Waals surface area contributed by atoms with Gasteiger partial charge in [-0.3, -0.25) is 9.59 Å². The second kappa shape index (κ2) is 20.9. The number of esters is 2. The molecule has 0 aliphatic heterocycles. The van der Waals surface area contributed by atoms with Gasteiger partial charge >= 0.3 is 11.9 Å². The summed E-state index contributed by atoms with van der Waals surface area (Å²) in [6.07, 6.45) is 11.5. The first-order valence-corrected chi connectivity index (χ1v) is 9.04. The molecular weight excluding hydrogens is 296 g/mol. The molecule has 0 radical (unpaired) electrons.